The van der Waals surface area contributed by atoms with Gasteiger partial charge >= 0.3 is 0 Å². The van der Waals surface area contributed by atoms with E-state index in [0.717, 1.165) is 12.8 Å². The molecule has 3 heteroatoms. The van der Waals surface area contributed by atoms with Crippen molar-refractivity contribution in [2.45, 2.75) is 65.3 Å². The van der Waals surface area contributed by atoms with E-state index in [0.29, 0.717) is 5.92 Å². The Labute approximate surface area is 176 Å². The lowest BCUT2D eigenvalue weighted by molar-refractivity contribution is 0.173. The van der Waals surface area contributed by atoms with Crippen LogP contribution in [-0.2, 0) is 0 Å². The number of allylic oxidation sites excluding steroid dienone is 2. The van der Waals surface area contributed by atoms with E-state index in [9.17, 15) is 0 Å². The summed E-state index contributed by atoms with van der Waals surface area (Å²) in [5.74, 6) is 1.82. The van der Waals surface area contributed by atoms with Crippen molar-refractivity contribution in [1.82, 2.24) is 14.5 Å². The van der Waals surface area contributed by atoms with Gasteiger partial charge in [-0.2, -0.15) is 0 Å². The van der Waals surface area contributed by atoms with E-state index in [1.165, 1.54) is 67.0 Å². The molecule has 2 aromatic rings. The summed E-state index contributed by atoms with van der Waals surface area (Å²) in [6, 6.07) is 6.85. The lowest BCUT2D eigenvalue weighted by Gasteiger charge is -2.38. The molecular weight excluding hydrogens is 354 g/mol. The molecule has 154 valence electrons. The average molecular weight is 390 g/mol. The van der Waals surface area contributed by atoms with Gasteiger partial charge in [-0.25, -0.2) is 4.98 Å². The average Bonchev–Trinajstić information content (AvgIpc) is 3.18. The van der Waals surface area contributed by atoms with Gasteiger partial charge in [0.05, 0.1) is 11.7 Å². The molecule has 2 atom stereocenters. The minimum absolute atomic E-state index is 0.287. The fraction of sp³-hybridized carbons (Fsp3) is 0.500. The molecule has 0 N–H and O–H groups in total. The van der Waals surface area contributed by atoms with Crippen molar-refractivity contribution >= 4 is 0 Å². The molecule has 2 aliphatic rings. The van der Waals surface area contributed by atoms with Crippen molar-refractivity contribution in [3.8, 4) is 5.69 Å². The first-order valence-electron chi connectivity index (χ1n) is 11.2. The largest absolute Gasteiger partial charge is 0.302 e. The lowest BCUT2D eigenvalue weighted by Crippen LogP contribution is -2.36. The molecule has 1 unspecified atom stereocenters. The summed E-state index contributed by atoms with van der Waals surface area (Å²) in [5, 5.41) is 0. The van der Waals surface area contributed by atoms with Gasteiger partial charge in [-0.1, -0.05) is 42.8 Å². The summed E-state index contributed by atoms with van der Waals surface area (Å²) < 4.78 is 2.36. The summed E-state index contributed by atoms with van der Waals surface area (Å²) in [5.41, 5.74) is 6.79. The number of rotatable bonds is 5. The van der Waals surface area contributed by atoms with Crippen LogP contribution in [0.1, 0.15) is 68.4 Å². The molecular formula is C26H35N3. The molecule has 29 heavy (non-hydrogen) atoms. The lowest BCUT2D eigenvalue weighted by atomic mass is 9.82. The molecule has 4 rings (SSSR count). The molecule has 1 aromatic heterocycles. The molecule has 2 heterocycles. The van der Waals surface area contributed by atoms with E-state index in [1.54, 1.807) is 5.57 Å². The molecule has 0 bridgehead atoms. The maximum Gasteiger partial charge on any atom is 0.134 e. The first-order valence-corrected chi connectivity index (χ1v) is 11.2. The van der Waals surface area contributed by atoms with Crippen molar-refractivity contribution in [3.63, 3.8) is 0 Å². The van der Waals surface area contributed by atoms with Crippen LogP contribution in [0.5, 0.6) is 0 Å². The third-order valence-electron chi connectivity index (χ3n) is 6.84. The van der Waals surface area contributed by atoms with Gasteiger partial charge in [-0.15, -0.1) is 0 Å². The van der Waals surface area contributed by atoms with E-state index in [-0.39, 0.29) is 6.04 Å². The topological polar surface area (TPSA) is 21.1 Å². The van der Waals surface area contributed by atoms with Crippen LogP contribution in [0.15, 0.2) is 54.4 Å². The molecule has 1 aliphatic carbocycles. The van der Waals surface area contributed by atoms with Crippen molar-refractivity contribution < 1.29 is 0 Å². The zero-order valence-corrected chi connectivity index (χ0v) is 18.3. The van der Waals surface area contributed by atoms with Crippen LogP contribution in [0.2, 0.25) is 0 Å². The van der Waals surface area contributed by atoms with Crippen LogP contribution >= 0.6 is 0 Å². The van der Waals surface area contributed by atoms with Crippen molar-refractivity contribution in [3.05, 3.63) is 71.3 Å². The number of aryl methyl sites for hydroxylation is 2. The summed E-state index contributed by atoms with van der Waals surface area (Å²) in [6.07, 6.45) is 14.1. The molecule has 0 saturated carbocycles. The van der Waals surface area contributed by atoms with Crippen LogP contribution < -0.4 is 0 Å². The first kappa shape index (κ1) is 20.2. The van der Waals surface area contributed by atoms with Gasteiger partial charge in [-0.3, -0.25) is 4.90 Å². The van der Waals surface area contributed by atoms with Crippen LogP contribution in [0.25, 0.3) is 5.69 Å². The quantitative estimate of drug-likeness (QED) is 0.558. The summed E-state index contributed by atoms with van der Waals surface area (Å²) >= 11 is 0. The zero-order valence-electron chi connectivity index (χ0n) is 18.3. The molecule has 1 aromatic carbocycles. The van der Waals surface area contributed by atoms with Gasteiger partial charge in [-0.05, 0) is 88.6 Å². The van der Waals surface area contributed by atoms with E-state index < -0.39 is 0 Å². The standard InChI is InChI=1S/C26H35N3/c1-19(2)22-11-13-23(14-12-22)25(28-16-6-5-7-17-28)26-27-15-18-29(26)24-20(3)9-8-10-21(24)4/h8-10,13,15,18,22,25H,1,5-7,11-12,14,16-17H2,2-4H3/t22-,25?/m1/s1. The molecule has 1 fully saturated rings. The smallest absolute Gasteiger partial charge is 0.134 e. The Balaban J connectivity index is 1.76. The van der Waals surface area contributed by atoms with Crippen molar-refractivity contribution in [1.29, 1.82) is 0 Å². The number of piperidine rings is 1. The third kappa shape index (κ3) is 4.11. The predicted octanol–water partition coefficient (Wildman–Crippen LogP) is 6.32. The maximum atomic E-state index is 4.94. The number of aromatic nitrogens is 2. The highest BCUT2D eigenvalue weighted by Gasteiger charge is 2.31. The van der Waals surface area contributed by atoms with E-state index in [2.05, 4.69) is 67.3 Å². The van der Waals surface area contributed by atoms with Gasteiger partial charge in [0.1, 0.15) is 5.82 Å². The first-order chi connectivity index (χ1) is 14.1. The minimum Gasteiger partial charge on any atom is -0.302 e. The Hall–Kier alpha value is -2.13. The monoisotopic (exact) mass is 389 g/mol. The Bertz CT molecular complexity index is 878. The van der Waals surface area contributed by atoms with E-state index in [1.807, 2.05) is 6.20 Å². The third-order valence-corrected chi connectivity index (χ3v) is 6.84. The number of nitrogens with zero attached hydrogens (tertiary/aromatic N) is 3. The number of benzene rings is 1. The summed E-state index contributed by atoms with van der Waals surface area (Å²) in [6.45, 7) is 13.1. The Kier molecular flexibility index (Phi) is 6.05. The SMILES string of the molecule is C=C(C)[C@@H]1CC=C(C(c2nccn2-c2c(C)cccc2C)N2CCCCC2)CC1. The molecule has 0 amide bonds. The molecule has 0 radical (unpaired) electrons. The molecule has 1 aliphatic heterocycles. The summed E-state index contributed by atoms with van der Waals surface area (Å²) in [7, 11) is 0. The summed E-state index contributed by atoms with van der Waals surface area (Å²) in [4.78, 5) is 7.63. The van der Waals surface area contributed by atoms with Crippen LogP contribution in [0.3, 0.4) is 0 Å². The highest BCUT2D eigenvalue weighted by atomic mass is 15.2. The Morgan fingerprint density at radius 2 is 1.86 bits per heavy atom. The second-order valence-corrected chi connectivity index (χ2v) is 8.99. The van der Waals surface area contributed by atoms with Crippen LogP contribution in [0, 0.1) is 19.8 Å². The number of imidazole rings is 1. The Morgan fingerprint density at radius 1 is 1.14 bits per heavy atom. The number of hydrogen-bond acceptors (Lipinski definition) is 2. The van der Waals surface area contributed by atoms with Crippen molar-refractivity contribution in [2.75, 3.05) is 13.1 Å². The Morgan fingerprint density at radius 3 is 2.48 bits per heavy atom. The van der Waals surface area contributed by atoms with E-state index >= 15 is 0 Å². The maximum absolute atomic E-state index is 4.94. The highest BCUT2D eigenvalue weighted by Crippen LogP contribution is 2.39. The number of hydrogen-bond donors (Lipinski definition) is 0. The zero-order chi connectivity index (χ0) is 20.4. The van der Waals surface area contributed by atoms with Crippen LogP contribution in [0.4, 0.5) is 0 Å². The van der Waals surface area contributed by atoms with E-state index in [4.69, 9.17) is 4.98 Å². The molecule has 0 spiro atoms. The van der Waals surface area contributed by atoms with Gasteiger partial charge in [0, 0.05) is 12.4 Å². The fourth-order valence-electron chi connectivity index (χ4n) is 5.18. The second-order valence-electron chi connectivity index (χ2n) is 8.99. The molecule has 3 nitrogen and oxygen atoms in total. The van der Waals surface area contributed by atoms with Gasteiger partial charge in [0.15, 0.2) is 0 Å². The van der Waals surface area contributed by atoms with Crippen molar-refractivity contribution in [2.24, 2.45) is 5.92 Å². The number of likely N-dealkylation sites (tertiary alicyclic amines) is 1. The minimum atomic E-state index is 0.287. The van der Waals surface area contributed by atoms with Crippen LogP contribution in [-0.4, -0.2) is 27.5 Å². The van der Waals surface area contributed by atoms with Gasteiger partial charge < -0.3 is 4.57 Å². The highest BCUT2D eigenvalue weighted by molar-refractivity contribution is 5.48. The fourth-order valence-corrected chi connectivity index (χ4v) is 5.18. The molecule has 1 saturated heterocycles. The predicted molar refractivity (Wildman–Crippen MR) is 121 cm³/mol. The second kappa shape index (κ2) is 8.71. The number of para-hydroxylation sites is 1. The van der Waals surface area contributed by atoms with Gasteiger partial charge in [0.2, 0.25) is 0 Å². The van der Waals surface area contributed by atoms with Gasteiger partial charge in [0.25, 0.3) is 0 Å². The normalized spacial score (nSPS) is 21.6.